The predicted molar refractivity (Wildman–Crippen MR) is 86.7 cm³/mol. The summed E-state index contributed by atoms with van der Waals surface area (Å²) in [6.45, 7) is 6.03. The summed E-state index contributed by atoms with van der Waals surface area (Å²) in [5.74, 6) is -0.851. The highest BCUT2D eigenvalue weighted by Crippen LogP contribution is 2.39. The van der Waals surface area contributed by atoms with E-state index >= 15 is 0 Å². The Morgan fingerprint density at radius 1 is 1.41 bits per heavy atom. The van der Waals surface area contributed by atoms with Gasteiger partial charge in [-0.1, -0.05) is 11.8 Å². The van der Waals surface area contributed by atoms with Crippen LogP contribution in [0.5, 0.6) is 0 Å². The first-order valence-corrected chi connectivity index (χ1v) is 8.55. The van der Waals surface area contributed by atoms with E-state index in [0.717, 1.165) is 46.2 Å². The SMILES string of the molecule is CSc1ncc2c(n1)-c1c(c(C(=O)O)c(C)n1C(C)C)CC2. The summed E-state index contributed by atoms with van der Waals surface area (Å²) in [5, 5.41) is 10.3. The molecule has 116 valence electrons. The lowest BCUT2D eigenvalue weighted by Crippen LogP contribution is -2.12. The van der Waals surface area contributed by atoms with Crippen molar-refractivity contribution in [3.8, 4) is 11.4 Å². The zero-order chi connectivity index (χ0) is 16.0. The molecule has 1 aliphatic carbocycles. The number of carbonyl (C=O) groups is 1. The van der Waals surface area contributed by atoms with Crippen molar-refractivity contribution >= 4 is 17.7 Å². The largest absolute Gasteiger partial charge is 0.478 e. The van der Waals surface area contributed by atoms with Crippen LogP contribution >= 0.6 is 11.8 Å². The minimum Gasteiger partial charge on any atom is -0.478 e. The summed E-state index contributed by atoms with van der Waals surface area (Å²) in [5.41, 5.74) is 5.12. The van der Waals surface area contributed by atoms with Gasteiger partial charge in [-0.3, -0.25) is 0 Å². The maximum Gasteiger partial charge on any atom is 0.337 e. The van der Waals surface area contributed by atoms with Crippen molar-refractivity contribution in [2.45, 2.75) is 44.8 Å². The molecule has 0 saturated carbocycles. The number of fused-ring (bicyclic) bond motifs is 3. The number of aromatic carboxylic acids is 1. The van der Waals surface area contributed by atoms with Crippen LogP contribution in [0.4, 0.5) is 0 Å². The lowest BCUT2D eigenvalue weighted by atomic mass is 9.92. The summed E-state index contributed by atoms with van der Waals surface area (Å²) in [6, 6.07) is 0.181. The average Bonchev–Trinajstić information content (AvgIpc) is 2.79. The summed E-state index contributed by atoms with van der Waals surface area (Å²) >= 11 is 1.50. The number of nitrogens with zero attached hydrogens (tertiary/aromatic N) is 3. The molecule has 0 fully saturated rings. The highest BCUT2D eigenvalue weighted by Gasteiger charge is 2.31. The van der Waals surface area contributed by atoms with Crippen LogP contribution in [0.3, 0.4) is 0 Å². The number of hydrogen-bond acceptors (Lipinski definition) is 4. The Bertz CT molecular complexity index is 765. The fourth-order valence-corrected chi connectivity index (χ4v) is 3.68. The van der Waals surface area contributed by atoms with E-state index in [4.69, 9.17) is 0 Å². The molecule has 0 radical (unpaired) electrons. The Morgan fingerprint density at radius 2 is 2.14 bits per heavy atom. The quantitative estimate of drug-likeness (QED) is 0.694. The van der Waals surface area contributed by atoms with Crippen LogP contribution in [0.2, 0.25) is 0 Å². The second-order valence-electron chi connectivity index (χ2n) is 5.79. The van der Waals surface area contributed by atoms with Crippen LogP contribution in [-0.4, -0.2) is 31.9 Å². The van der Waals surface area contributed by atoms with Crippen molar-refractivity contribution in [2.75, 3.05) is 6.26 Å². The fraction of sp³-hybridized carbons (Fsp3) is 0.438. The Kier molecular flexibility index (Phi) is 3.72. The molecule has 2 aromatic rings. The first-order chi connectivity index (χ1) is 10.5. The van der Waals surface area contributed by atoms with E-state index in [0.29, 0.717) is 5.56 Å². The van der Waals surface area contributed by atoms with E-state index in [1.165, 1.54) is 11.8 Å². The van der Waals surface area contributed by atoms with Crippen LogP contribution in [0.15, 0.2) is 11.4 Å². The van der Waals surface area contributed by atoms with Crippen LogP contribution in [0.25, 0.3) is 11.4 Å². The molecule has 0 unspecified atom stereocenters. The molecular formula is C16H19N3O2S. The van der Waals surface area contributed by atoms with Crippen LogP contribution in [-0.2, 0) is 12.8 Å². The number of thioether (sulfide) groups is 1. The number of aryl methyl sites for hydroxylation is 1. The minimum atomic E-state index is -0.851. The van der Waals surface area contributed by atoms with Crippen LogP contribution in [0, 0.1) is 6.92 Å². The molecule has 3 rings (SSSR count). The molecule has 0 bridgehead atoms. The third-order valence-corrected chi connectivity index (χ3v) is 4.74. The van der Waals surface area contributed by atoms with Gasteiger partial charge in [-0.25, -0.2) is 14.8 Å². The first kappa shape index (κ1) is 15.1. The molecule has 0 amide bonds. The zero-order valence-electron chi connectivity index (χ0n) is 13.2. The van der Waals surface area contributed by atoms with Gasteiger partial charge in [0.1, 0.15) is 0 Å². The number of carboxylic acids is 1. The van der Waals surface area contributed by atoms with Gasteiger partial charge in [-0.15, -0.1) is 0 Å². The highest BCUT2D eigenvalue weighted by molar-refractivity contribution is 7.98. The van der Waals surface area contributed by atoms with Gasteiger partial charge in [-0.05, 0) is 51.0 Å². The van der Waals surface area contributed by atoms with Crippen LogP contribution in [0.1, 0.15) is 47.1 Å². The molecule has 0 saturated heterocycles. The topological polar surface area (TPSA) is 68.0 Å². The van der Waals surface area contributed by atoms with Gasteiger partial charge in [0.25, 0.3) is 0 Å². The lowest BCUT2D eigenvalue weighted by Gasteiger charge is -2.21. The smallest absolute Gasteiger partial charge is 0.337 e. The van der Waals surface area contributed by atoms with Crippen molar-refractivity contribution in [2.24, 2.45) is 0 Å². The molecule has 0 aliphatic heterocycles. The first-order valence-electron chi connectivity index (χ1n) is 7.33. The molecule has 1 N–H and O–H groups in total. The summed E-state index contributed by atoms with van der Waals surface area (Å²) in [6.07, 6.45) is 5.34. The molecule has 5 nitrogen and oxygen atoms in total. The highest BCUT2D eigenvalue weighted by atomic mass is 32.2. The van der Waals surface area contributed by atoms with Gasteiger partial charge in [0.2, 0.25) is 0 Å². The average molecular weight is 317 g/mol. The Morgan fingerprint density at radius 3 is 2.73 bits per heavy atom. The fourth-order valence-electron chi connectivity index (χ4n) is 3.34. The number of aromatic nitrogens is 3. The van der Waals surface area contributed by atoms with Crippen molar-refractivity contribution in [3.05, 3.63) is 28.6 Å². The van der Waals surface area contributed by atoms with Gasteiger partial charge in [0.15, 0.2) is 5.16 Å². The molecule has 0 aromatic carbocycles. The molecule has 6 heteroatoms. The standard InChI is InChI=1S/C16H19N3O2S/c1-8(2)19-9(3)12(15(20)21)11-6-5-10-7-17-16(22-4)18-13(10)14(11)19/h7-8H,5-6H2,1-4H3,(H,20,21). The molecule has 0 atom stereocenters. The zero-order valence-corrected chi connectivity index (χ0v) is 14.0. The van der Waals surface area contributed by atoms with E-state index in [2.05, 4.69) is 28.4 Å². The second-order valence-corrected chi connectivity index (χ2v) is 6.56. The predicted octanol–water partition coefficient (Wildman–Crippen LogP) is 3.35. The molecule has 2 aromatic heterocycles. The van der Waals surface area contributed by atoms with Crippen molar-refractivity contribution in [1.29, 1.82) is 0 Å². The van der Waals surface area contributed by atoms with Gasteiger partial charge in [0.05, 0.1) is 17.0 Å². The Hall–Kier alpha value is -1.82. The summed E-state index contributed by atoms with van der Waals surface area (Å²) < 4.78 is 2.11. The van der Waals surface area contributed by atoms with Crippen molar-refractivity contribution in [3.63, 3.8) is 0 Å². The third-order valence-electron chi connectivity index (χ3n) is 4.18. The summed E-state index contributed by atoms with van der Waals surface area (Å²) in [7, 11) is 0. The number of rotatable bonds is 3. The Labute approximate surface area is 133 Å². The maximum absolute atomic E-state index is 11.7. The van der Waals surface area contributed by atoms with E-state index in [9.17, 15) is 9.90 Å². The van der Waals surface area contributed by atoms with E-state index in [1.54, 1.807) is 0 Å². The molecule has 0 spiro atoms. The molecule has 22 heavy (non-hydrogen) atoms. The minimum absolute atomic E-state index is 0.181. The van der Waals surface area contributed by atoms with Crippen molar-refractivity contribution < 1.29 is 9.90 Å². The van der Waals surface area contributed by atoms with Gasteiger partial charge >= 0.3 is 5.97 Å². The van der Waals surface area contributed by atoms with E-state index in [1.807, 2.05) is 19.4 Å². The lowest BCUT2D eigenvalue weighted by molar-refractivity contribution is 0.0695. The van der Waals surface area contributed by atoms with E-state index < -0.39 is 5.97 Å². The van der Waals surface area contributed by atoms with Crippen LogP contribution < -0.4 is 0 Å². The Balaban J connectivity index is 2.36. The maximum atomic E-state index is 11.7. The van der Waals surface area contributed by atoms with Gasteiger partial charge < -0.3 is 9.67 Å². The number of carboxylic acid groups (broad SMARTS) is 1. The molecular weight excluding hydrogens is 298 g/mol. The van der Waals surface area contributed by atoms with Gasteiger partial charge in [0, 0.05) is 17.9 Å². The molecule has 1 aliphatic rings. The number of hydrogen-bond donors (Lipinski definition) is 1. The molecule has 2 heterocycles. The second kappa shape index (κ2) is 5.43. The van der Waals surface area contributed by atoms with Gasteiger partial charge in [-0.2, -0.15) is 0 Å². The van der Waals surface area contributed by atoms with E-state index in [-0.39, 0.29) is 6.04 Å². The normalized spacial score (nSPS) is 13.1. The monoisotopic (exact) mass is 317 g/mol. The van der Waals surface area contributed by atoms with Crippen molar-refractivity contribution in [1.82, 2.24) is 14.5 Å². The summed E-state index contributed by atoms with van der Waals surface area (Å²) in [4.78, 5) is 20.7. The third kappa shape index (κ3) is 2.13.